The highest BCUT2D eigenvalue weighted by atomic mass is 35.5. The van der Waals surface area contributed by atoms with E-state index in [1.807, 2.05) is 43.7 Å². The maximum atomic E-state index is 13.9. The Morgan fingerprint density at radius 1 is 0.959 bits per heavy atom. The van der Waals surface area contributed by atoms with Gasteiger partial charge in [0.05, 0.1) is 27.5 Å². The van der Waals surface area contributed by atoms with Crippen LogP contribution >= 0.6 is 23.2 Å². The molecule has 2 aromatic heterocycles. The molecule has 11 nitrogen and oxygen atoms in total. The Bertz CT molecular complexity index is 2090. The number of aryl methyl sites for hydroxylation is 1. The van der Waals surface area contributed by atoms with Crippen molar-refractivity contribution in [3.63, 3.8) is 0 Å². The predicted octanol–water partition coefficient (Wildman–Crippen LogP) is 6.38. The second-order valence-electron chi connectivity index (χ2n) is 11.5. The Hall–Kier alpha value is -4.01. The summed E-state index contributed by atoms with van der Waals surface area (Å²) in [5.74, 6) is -0.257. The molecule has 2 amide bonds. The Labute approximate surface area is 298 Å². The van der Waals surface area contributed by atoms with Gasteiger partial charge in [-0.25, -0.2) is 22.8 Å². The van der Waals surface area contributed by atoms with Crippen molar-refractivity contribution in [1.29, 1.82) is 0 Å². The zero-order valence-corrected chi connectivity index (χ0v) is 30.5. The van der Waals surface area contributed by atoms with Crippen molar-refractivity contribution >= 4 is 84.2 Å². The molecule has 0 spiro atoms. The van der Waals surface area contributed by atoms with Gasteiger partial charge in [-0.05, 0) is 67.9 Å². The SMILES string of the molecule is Cc1cccc2c1nc(-n1ccc(NC(=O)C(C)c3c([S+](C)C)cccc3S(=O)(=O)[O-])c1)n2C(=O)Nc1ccc(N(CCCl)CCCl)cc1. The van der Waals surface area contributed by atoms with E-state index >= 15 is 0 Å². The van der Waals surface area contributed by atoms with Crippen molar-refractivity contribution in [3.05, 3.63) is 90.3 Å². The largest absolute Gasteiger partial charge is 0.744 e. The van der Waals surface area contributed by atoms with Crippen molar-refractivity contribution in [1.82, 2.24) is 14.1 Å². The average molecular weight is 744 g/mol. The molecule has 258 valence electrons. The van der Waals surface area contributed by atoms with E-state index in [9.17, 15) is 22.6 Å². The number of halogens is 2. The second-order valence-corrected chi connectivity index (χ2v) is 15.7. The first-order valence-electron chi connectivity index (χ1n) is 15.3. The summed E-state index contributed by atoms with van der Waals surface area (Å²) in [7, 11) is -5.25. The van der Waals surface area contributed by atoms with Crippen LogP contribution in [0.3, 0.4) is 0 Å². The topological polar surface area (TPSA) is 141 Å². The third kappa shape index (κ3) is 7.92. The maximum absolute atomic E-state index is 13.9. The summed E-state index contributed by atoms with van der Waals surface area (Å²) < 4.78 is 39.5. The summed E-state index contributed by atoms with van der Waals surface area (Å²) in [5, 5.41) is 5.79. The number of carbonyl (C=O) groups is 2. The van der Waals surface area contributed by atoms with Crippen LogP contribution < -0.4 is 15.5 Å². The highest BCUT2D eigenvalue weighted by molar-refractivity contribution is 7.95. The zero-order valence-electron chi connectivity index (χ0n) is 27.3. The molecule has 0 fully saturated rings. The van der Waals surface area contributed by atoms with E-state index in [1.165, 1.54) is 16.7 Å². The van der Waals surface area contributed by atoms with Crippen molar-refractivity contribution in [2.45, 2.75) is 29.6 Å². The first-order valence-corrected chi connectivity index (χ1v) is 19.8. The number of hydrogen-bond donors (Lipinski definition) is 2. The van der Waals surface area contributed by atoms with Gasteiger partial charge < -0.3 is 20.1 Å². The van der Waals surface area contributed by atoms with Crippen LogP contribution in [0.25, 0.3) is 17.0 Å². The van der Waals surface area contributed by atoms with E-state index in [2.05, 4.69) is 15.5 Å². The Kier molecular flexibility index (Phi) is 11.3. The number of amides is 2. The van der Waals surface area contributed by atoms with Gasteiger partial charge in [0.25, 0.3) is 0 Å². The third-order valence-electron chi connectivity index (χ3n) is 8.02. The Balaban J connectivity index is 1.44. The van der Waals surface area contributed by atoms with Crippen LogP contribution in [0.4, 0.5) is 21.9 Å². The lowest BCUT2D eigenvalue weighted by Gasteiger charge is -2.23. The number of fused-ring (bicyclic) bond motifs is 1. The minimum absolute atomic E-state index is 0.190. The highest BCUT2D eigenvalue weighted by Gasteiger charge is 2.30. The molecule has 0 saturated carbocycles. The molecular weight excluding hydrogens is 707 g/mol. The number of rotatable bonds is 12. The van der Waals surface area contributed by atoms with Crippen LogP contribution in [0.2, 0.25) is 0 Å². The van der Waals surface area contributed by atoms with E-state index in [0.717, 1.165) is 11.3 Å². The van der Waals surface area contributed by atoms with Crippen LogP contribution in [0.1, 0.15) is 24.0 Å². The number of carbonyl (C=O) groups excluding carboxylic acids is 2. The number of imidazole rings is 1. The molecule has 0 aliphatic rings. The van der Waals surface area contributed by atoms with E-state index in [1.54, 1.807) is 54.2 Å². The number of hydrogen-bond acceptors (Lipinski definition) is 7. The summed E-state index contributed by atoms with van der Waals surface area (Å²) in [5.41, 5.74) is 4.17. The molecule has 49 heavy (non-hydrogen) atoms. The minimum atomic E-state index is -4.83. The molecule has 0 aliphatic carbocycles. The van der Waals surface area contributed by atoms with Crippen LogP contribution in [0, 0.1) is 6.92 Å². The third-order valence-corrected chi connectivity index (χ3v) is 10.5. The lowest BCUT2D eigenvalue weighted by molar-refractivity contribution is -0.117. The smallest absolute Gasteiger partial charge is 0.333 e. The van der Waals surface area contributed by atoms with Gasteiger partial charge in [0, 0.05) is 65.1 Å². The standard InChI is InChI=1S/C34H36Cl2N6O5S2/c1-22-7-5-8-27-31(22)39-33(42(27)34(44)38-24-11-13-26(14-12-24)40(19-16-35)20-17-36)41-18-15-25(21-41)37-32(43)23(2)30-28(48(3)4)9-6-10-29(30)49(45,46)47/h5-15,18,21,23H,16-17,19-20H2,1-4H3,(H2-,37,38,43,44,45,46,47). The summed E-state index contributed by atoms with van der Waals surface area (Å²) in [4.78, 5) is 34.4. The maximum Gasteiger partial charge on any atom is 0.333 e. The molecule has 0 saturated heterocycles. The molecule has 2 N–H and O–H groups in total. The van der Waals surface area contributed by atoms with Gasteiger partial charge in [-0.15, -0.1) is 23.2 Å². The van der Waals surface area contributed by atoms with Gasteiger partial charge in [-0.3, -0.25) is 9.36 Å². The number of anilines is 3. The fraction of sp³-hybridized carbons (Fsp3) is 0.265. The molecule has 2 heterocycles. The Morgan fingerprint density at radius 3 is 2.27 bits per heavy atom. The fourth-order valence-corrected chi connectivity index (χ4v) is 7.96. The molecule has 1 atom stereocenters. The molecule has 0 bridgehead atoms. The van der Waals surface area contributed by atoms with E-state index in [-0.39, 0.29) is 11.5 Å². The molecule has 15 heteroatoms. The number of benzene rings is 3. The van der Waals surface area contributed by atoms with E-state index in [4.69, 9.17) is 28.2 Å². The first kappa shape index (κ1) is 36.3. The fourth-order valence-electron chi connectivity index (χ4n) is 5.61. The van der Waals surface area contributed by atoms with Crippen LogP contribution in [-0.2, 0) is 25.8 Å². The summed E-state index contributed by atoms with van der Waals surface area (Å²) in [6, 6.07) is 18.6. The van der Waals surface area contributed by atoms with Gasteiger partial charge >= 0.3 is 6.03 Å². The average Bonchev–Trinajstić information content (AvgIpc) is 3.69. The minimum Gasteiger partial charge on any atom is -0.744 e. The van der Waals surface area contributed by atoms with Gasteiger partial charge in [-0.2, -0.15) is 0 Å². The zero-order chi connectivity index (χ0) is 35.5. The lowest BCUT2D eigenvalue weighted by Crippen LogP contribution is -2.27. The van der Waals surface area contributed by atoms with E-state index in [0.29, 0.717) is 52.2 Å². The predicted molar refractivity (Wildman–Crippen MR) is 197 cm³/mol. The van der Waals surface area contributed by atoms with Crippen molar-refractivity contribution < 1.29 is 22.6 Å². The normalized spacial score (nSPS) is 12.3. The quantitative estimate of drug-likeness (QED) is 0.0858. The van der Waals surface area contributed by atoms with Crippen molar-refractivity contribution in [2.75, 3.05) is 52.9 Å². The molecule has 5 aromatic rings. The lowest BCUT2D eigenvalue weighted by atomic mass is 10.00. The number of aromatic nitrogens is 3. The molecule has 1 unspecified atom stereocenters. The van der Waals surface area contributed by atoms with Crippen molar-refractivity contribution in [3.8, 4) is 5.95 Å². The number of alkyl halides is 2. The van der Waals surface area contributed by atoms with Gasteiger partial charge in [0.1, 0.15) is 22.6 Å². The summed E-state index contributed by atoms with van der Waals surface area (Å²) in [6.07, 6.45) is 7.06. The Morgan fingerprint density at radius 2 is 1.63 bits per heavy atom. The molecule has 5 rings (SSSR count). The van der Waals surface area contributed by atoms with Gasteiger partial charge in [0.15, 0.2) is 4.90 Å². The number of nitrogens with zero attached hydrogens (tertiary/aromatic N) is 4. The molecule has 0 aliphatic heterocycles. The second kappa shape index (κ2) is 15.3. The number of nitrogens with one attached hydrogen (secondary N) is 2. The van der Waals surface area contributed by atoms with Crippen molar-refractivity contribution in [2.24, 2.45) is 0 Å². The van der Waals surface area contributed by atoms with Crippen LogP contribution in [0.5, 0.6) is 0 Å². The molecular formula is C34H36Cl2N6O5S2. The van der Waals surface area contributed by atoms with Crippen LogP contribution in [0.15, 0.2) is 88.9 Å². The molecule has 3 aromatic carbocycles. The monoisotopic (exact) mass is 742 g/mol. The summed E-state index contributed by atoms with van der Waals surface area (Å²) in [6.45, 7) is 4.74. The van der Waals surface area contributed by atoms with E-state index < -0.39 is 43.8 Å². The summed E-state index contributed by atoms with van der Waals surface area (Å²) >= 11 is 11.9. The van der Waals surface area contributed by atoms with Gasteiger partial charge in [-0.1, -0.05) is 18.2 Å². The highest BCUT2D eigenvalue weighted by Crippen LogP contribution is 2.32. The van der Waals surface area contributed by atoms with Crippen LogP contribution in [-0.4, -0.2) is 76.4 Å². The first-order chi connectivity index (χ1) is 23.3. The van der Waals surface area contributed by atoms with Gasteiger partial charge in [0.2, 0.25) is 11.9 Å². The molecule has 0 radical (unpaired) electrons. The number of para-hydroxylation sites is 1.